The number of hydrogen-bond donors (Lipinski definition) is 1. The zero-order valence-electron chi connectivity index (χ0n) is 11.2. The third kappa shape index (κ3) is 2.07. The smallest absolute Gasteiger partial charge is 0.110 e. The summed E-state index contributed by atoms with van der Waals surface area (Å²) in [5, 5.41) is 11.2. The van der Waals surface area contributed by atoms with Gasteiger partial charge in [0.05, 0.1) is 6.04 Å². The molecule has 1 aliphatic heterocycles. The maximum absolute atomic E-state index is 11.2. The molecule has 2 unspecified atom stereocenters. The number of likely N-dealkylation sites (tertiary alicyclic amines) is 1. The molecule has 3 rings (SSSR count). The van der Waals surface area contributed by atoms with Crippen molar-refractivity contribution in [2.24, 2.45) is 0 Å². The monoisotopic (exact) mass is 253 g/mol. The first-order valence-electron chi connectivity index (χ1n) is 6.75. The Labute approximate surface area is 114 Å². The summed E-state index contributed by atoms with van der Waals surface area (Å²) in [6.45, 7) is 0.908. The minimum absolute atomic E-state index is 0.0242. The van der Waals surface area contributed by atoms with Crippen LogP contribution in [0, 0.1) is 0 Å². The molecular weight excluding hydrogens is 234 g/mol. The molecule has 0 bridgehead atoms. The van der Waals surface area contributed by atoms with Crippen LogP contribution in [0.2, 0.25) is 0 Å². The van der Waals surface area contributed by atoms with Crippen LogP contribution in [0.5, 0.6) is 0 Å². The van der Waals surface area contributed by atoms with E-state index in [-0.39, 0.29) is 6.04 Å². The van der Waals surface area contributed by atoms with Crippen molar-refractivity contribution in [1.82, 2.24) is 4.90 Å². The van der Waals surface area contributed by atoms with E-state index >= 15 is 0 Å². The fourth-order valence-electron chi connectivity index (χ4n) is 3.17. The minimum atomic E-state index is -0.794. The fraction of sp³-hybridized carbons (Fsp3) is 0.294. The average molecular weight is 253 g/mol. The third-order valence-corrected chi connectivity index (χ3v) is 4.13. The lowest BCUT2D eigenvalue weighted by Crippen LogP contribution is -2.33. The van der Waals surface area contributed by atoms with Gasteiger partial charge in [-0.15, -0.1) is 0 Å². The number of aliphatic hydroxyl groups is 1. The van der Waals surface area contributed by atoms with Crippen LogP contribution in [-0.2, 0) is 5.60 Å². The van der Waals surface area contributed by atoms with E-state index < -0.39 is 5.60 Å². The largest absolute Gasteiger partial charge is 0.383 e. The molecule has 98 valence electrons. The summed E-state index contributed by atoms with van der Waals surface area (Å²) >= 11 is 0. The van der Waals surface area contributed by atoms with Gasteiger partial charge >= 0.3 is 0 Å². The van der Waals surface area contributed by atoms with Crippen molar-refractivity contribution in [2.75, 3.05) is 13.6 Å². The lowest BCUT2D eigenvalue weighted by molar-refractivity contribution is 0.00249. The molecule has 1 N–H and O–H groups in total. The van der Waals surface area contributed by atoms with Crippen LogP contribution in [0.3, 0.4) is 0 Å². The van der Waals surface area contributed by atoms with E-state index in [1.54, 1.807) is 0 Å². The molecule has 0 saturated carbocycles. The molecule has 2 nitrogen and oxygen atoms in total. The fourth-order valence-corrected chi connectivity index (χ4v) is 3.17. The Morgan fingerprint density at radius 1 is 1.00 bits per heavy atom. The predicted molar refractivity (Wildman–Crippen MR) is 76.8 cm³/mol. The van der Waals surface area contributed by atoms with E-state index in [4.69, 9.17) is 0 Å². The van der Waals surface area contributed by atoms with Crippen LogP contribution in [0.15, 0.2) is 60.7 Å². The standard InChI is InChI=1S/C17H19NO/c1-18-13-12-17(19,15-10-6-3-7-11-15)16(18)14-8-4-2-5-9-14/h2-11,16,19H,12-13H2,1H3. The molecule has 2 atom stereocenters. The van der Waals surface area contributed by atoms with E-state index in [1.807, 2.05) is 48.5 Å². The summed E-state index contributed by atoms with van der Waals surface area (Å²) in [5.41, 5.74) is 1.39. The summed E-state index contributed by atoms with van der Waals surface area (Å²) in [6, 6.07) is 20.3. The highest BCUT2D eigenvalue weighted by molar-refractivity contribution is 5.32. The summed E-state index contributed by atoms with van der Waals surface area (Å²) in [4.78, 5) is 2.24. The van der Waals surface area contributed by atoms with E-state index in [2.05, 4.69) is 24.1 Å². The summed E-state index contributed by atoms with van der Waals surface area (Å²) < 4.78 is 0. The highest BCUT2D eigenvalue weighted by Gasteiger charge is 2.46. The Bertz CT molecular complexity index is 540. The summed E-state index contributed by atoms with van der Waals surface area (Å²) in [5.74, 6) is 0. The van der Waals surface area contributed by atoms with Crippen LogP contribution in [0.1, 0.15) is 23.6 Å². The molecule has 2 aromatic carbocycles. The molecule has 2 aromatic rings. The van der Waals surface area contributed by atoms with Crippen LogP contribution in [-0.4, -0.2) is 23.6 Å². The minimum Gasteiger partial charge on any atom is -0.383 e. The molecule has 0 radical (unpaired) electrons. The van der Waals surface area contributed by atoms with Gasteiger partial charge in [0.2, 0.25) is 0 Å². The number of hydrogen-bond acceptors (Lipinski definition) is 2. The summed E-state index contributed by atoms with van der Waals surface area (Å²) in [7, 11) is 2.08. The molecule has 1 fully saturated rings. The Morgan fingerprint density at radius 2 is 1.58 bits per heavy atom. The molecule has 19 heavy (non-hydrogen) atoms. The van der Waals surface area contributed by atoms with Crippen LogP contribution in [0.25, 0.3) is 0 Å². The van der Waals surface area contributed by atoms with Crippen LogP contribution >= 0.6 is 0 Å². The Morgan fingerprint density at radius 3 is 2.21 bits per heavy atom. The zero-order valence-corrected chi connectivity index (χ0v) is 11.2. The van der Waals surface area contributed by atoms with Crippen molar-refractivity contribution in [3.8, 4) is 0 Å². The van der Waals surface area contributed by atoms with Gasteiger partial charge in [0, 0.05) is 6.54 Å². The van der Waals surface area contributed by atoms with Gasteiger partial charge in [-0.05, 0) is 24.6 Å². The molecule has 0 aliphatic carbocycles. The maximum Gasteiger partial charge on any atom is 0.110 e. The molecule has 0 aromatic heterocycles. The van der Waals surface area contributed by atoms with Gasteiger partial charge in [-0.25, -0.2) is 0 Å². The van der Waals surface area contributed by atoms with E-state index in [0.29, 0.717) is 0 Å². The molecule has 0 amide bonds. The topological polar surface area (TPSA) is 23.5 Å². The van der Waals surface area contributed by atoms with Crippen molar-refractivity contribution >= 4 is 0 Å². The lowest BCUT2D eigenvalue weighted by Gasteiger charge is -2.33. The van der Waals surface area contributed by atoms with E-state index in [9.17, 15) is 5.11 Å². The van der Waals surface area contributed by atoms with Crippen LogP contribution < -0.4 is 0 Å². The second kappa shape index (κ2) is 4.80. The molecule has 1 saturated heterocycles. The average Bonchev–Trinajstić information content (AvgIpc) is 2.78. The number of nitrogens with zero attached hydrogens (tertiary/aromatic N) is 1. The molecule has 1 aliphatic rings. The van der Waals surface area contributed by atoms with Gasteiger partial charge in [0.25, 0.3) is 0 Å². The second-order valence-corrected chi connectivity index (χ2v) is 5.33. The molecule has 0 spiro atoms. The third-order valence-electron chi connectivity index (χ3n) is 4.13. The number of rotatable bonds is 2. The van der Waals surface area contributed by atoms with Gasteiger partial charge in [-0.1, -0.05) is 60.7 Å². The summed E-state index contributed by atoms with van der Waals surface area (Å²) in [6.07, 6.45) is 0.771. The van der Waals surface area contributed by atoms with Crippen molar-refractivity contribution in [3.05, 3.63) is 71.8 Å². The van der Waals surface area contributed by atoms with Gasteiger partial charge in [-0.2, -0.15) is 0 Å². The Hall–Kier alpha value is -1.64. The van der Waals surface area contributed by atoms with E-state index in [1.165, 1.54) is 5.56 Å². The Balaban J connectivity index is 2.06. The highest BCUT2D eigenvalue weighted by Crippen LogP contribution is 2.46. The van der Waals surface area contributed by atoms with Gasteiger partial charge < -0.3 is 5.11 Å². The molecule has 1 heterocycles. The molecular formula is C17H19NO. The quantitative estimate of drug-likeness (QED) is 0.889. The van der Waals surface area contributed by atoms with E-state index in [0.717, 1.165) is 18.5 Å². The Kier molecular flexibility index (Phi) is 3.13. The van der Waals surface area contributed by atoms with Crippen molar-refractivity contribution in [2.45, 2.75) is 18.1 Å². The first-order valence-corrected chi connectivity index (χ1v) is 6.75. The SMILES string of the molecule is CN1CCC(O)(c2ccccc2)C1c1ccccc1. The van der Waals surface area contributed by atoms with Crippen LogP contribution in [0.4, 0.5) is 0 Å². The van der Waals surface area contributed by atoms with Crippen molar-refractivity contribution < 1.29 is 5.11 Å². The van der Waals surface area contributed by atoms with Crippen molar-refractivity contribution in [1.29, 1.82) is 0 Å². The first kappa shape index (κ1) is 12.4. The first-order chi connectivity index (χ1) is 9.22. The lowest BCUT2D eigenvalue weighted by atomic mass is 9.83. The zero-order chi connectivity index (χ0) is 13.3. The van der Waals surface area contributed by atoms with Gasteiger partial charge in [0.15, 0.2) is 0 Å². The predicted octanol–water partition coefficient (Wildman–Crippen LogP) is 2.95. The van der Waals surface area contributed by atoms with Crippen molar-refractivity contribution in [3.63, 3.8) is 0 Å². The normalized spacial score (nSPS) is 27.6. The number of likely N-dealkylation sites (N-methyl/N-ethyl adjacent to an activating group) is 1. The number of benzene rings is 2. The van der Waals surface area contributed by atoms with Gasteiger partial charge in [0.1, 0.15) is 5.60 Å². The second-order valence-electron chi connectivity index (χ2n) is 5.33. The molecule has 2 heteroatoms. The highest BCUT2D eigenvalue weighted by atomic mass is 16.3. The maximum atomic E-state index is 11.2. The van der Waals surface area contributed by atoms with Gasteiger partial charge in [-0.3, -0.25) is 4.90 Å².